The minimum absolute atomic E-state index is 0.288. The molecule has 2 aliphatic rings. The van der Waals surface area contributed by atoms with Crippen molar-refractivity contribution in [3.05, 3.63) is 0 Å². The zero-order valence-corrected chi connectivity index (χ0v) is 11.8. The molecular formula is C13H26N2S. The Morgan fingerprint density at radius 3 is 2.62 bits per heavy atom. The maximum Gasteiger partial charge on any atom is 0.0447 e. The van der Waals surface area contributed by atoms with Gasteiger partial charge in [0.05, 0.1) is 0 Å². The Bertz CT molecular complexity index is 254. The molecule has 16 heavy (non-hydrogen) atoms. The van der Waals surface area contributed by atoms with Gasteiger partial charge < -0.3 is 5.73 Å². The third-order valence-electron chi connectivity index (χ3n) is 4.54. The van der Waals surface area contributed by atoms with E-state index >= 15 is 0 Å². The summed E-state index contributed by atoms with van der Waals surface area (Å²) in [5.74, 6) is 1.32. The zero-order valence-electron chi connectivity index (χ0n) is 11.0. The summed E-state index contributed by atoms with van der Waals surface area (Å²) in [4.78, 5) is 2.70. The molecule has 0 spiro atoms. The van der Waals surface area contributed by atoms with E-state index in [-0.39, 0.29) is 5.54 Å². The lowest BCUT2D eigenvalue weighted by Gasteiger charge is -2.48. The van der Waals surface area contributed by atoms with Gasteiger partial charge in [0.1, 0.15) is 0 Å². The molecule has 0 amide bonds. The van der Waals surface area contributed by atoms with Gasteiger partial charge in [-0.05, 0) is 37.0 Å². The molecule has 0 bridgehead atoms. The summed E-state index contributed by atoms with van der Waals surface area (Å²) in [5, 5.41) is 0.695. The molecule has 0 aromatic heterocycles. The summed E-state index contributed by atoms with van der Waals surface area (Å²) < 4.78 is 0. The molecule has 2 heterocycles. The molecule has 2 N–H and O–H groups in total. The van der Waals surface area contributed by atoms with Crippen molar-refractivity contribution >= 4 is 11.8 Å². The van der Waals surface area contributed by atoms with Crippen LogP contribution in [0.1, 0.15) is 40.0 Å². The minimum atomic E-state index is 0.288. The van der Waals surface area contributed by atoms with Crippen LogP contribution in [0.4, 0.5) is 0 Å². The van der Waals surface area contributed by atoms with Crippen LogP contribution in [0.2, 0.25) is 0 Å². The summed E-state index contributed by atoms with van der Waals surface area (Å²) in [5.41, 5.74) is 6.92. The van der Waals surface area contributed by atoms with Crippen molar-refractivity contribution in [2.45, 2.75) is 50.8 Å². The van der Waals surface area contributed by atoms with E-state index in [1.807, 2.05) is 0 Å². The fourth-order valence-corrected chi connectivity index (χ4v) is 4.64. The molecule has 0 aliphatic carbocycles. The first-order valence-corrected chi connectivity index (χ1v) is 7.62. The molecule has 2 fully saturated rings. The molecule has 3 heteroatoms. The molecule has 2 nitrogen and oxygen atoms in total. The number of hydrogen-bond donors (Lipinski definition) is 1. The predicted octanol–water partition coefficient (Wildman–Crippen LogP) is 2.33. The average Bonchev–Trinajstić information content (AvgIpc) is 2.60. The molecule has 2 atom stereocenters. The minimum Gasteiger partial charge on any atom is -0.329 e. The molecule has 2 saturated heterocycles. The van der Waals surface area contributed by atoms with Crippen LogP contribution in [0.3, 0.4) is 0 Å². The molecule has 2 aliphatic heterocycles. The van der Waals surface area contributed by atoms with E-state index in [0.717, 1.165) is 6.54 Å². The van der Waals surface area contributed by atoms with Gasteiger partial charge in [-0.15, -0.1) is 0 Å². The van der Waals surface area contributed by atoms with Crippen molar-refractivity contribution in [1.29, 1.82) is 0 Å². The van der Waals surface area contributed by atoms with Crippen molar-refractivity contribution in [3.8, 4) is 0 Å². The van der Waals surface area contributed by atoms with Gasteiger partial charge in [-0.25, -0.2) is 0 Å². The standard InChI is InChI=1S/C13H26N2S/c1-11-13(9-14,5-4-8-16-11)15-7-6-12(2,3)10-15/h11H,4-10,14H2,1-3H3. The molecule has 2 unspecified atom stereocenters. The maximum atomic E-state index is 6.14. The summed E-state index contributed by atoms with van der Waals surface area (Å²) in [6.45, 7) is 10.5. The number of thioether (sulfide) groups is 1. The molecule has 2 rings (SSSR count). The van der Waals surface area contributed by atoms with Gasteiger partial charge in [-0.2, -0.15) is 11.8 Å². The lowest BCUT2D eigenvalue weighted by Crippen LogP contribution is -2.60. The Labute approximate surface area is 104 Å². The van der Waals surface area contributed by atoms with E-state index in [1.165, 1.54) is 38.1 Å². The topological polar surface area (TPSA) is 29.3 Å². The van der Waals surface area contributed by atoms with Crippen molar-refractivity contribution in [3.63, 3.8) is 0 Å². The fourth-order valence-electron chi connectivity index (χ4n) is 3.30. The quantitative estimate of drug-likeness (QED) is 0.806. The largest absolute Gasteiger partial charge is 0.329 e. The van der Waals surface area contributed by atoms with Crippen LogP contribution >= 0.6 is 11.8 Å². The van der Waals surface area contributed by atoms with Crippen molar-refractivity contribution in [2.24, 2.45) is 11.1 Å². The van der Waals surface area contributed by atoms with Crippen LogP contribution in [0.25, 0.3) is 0 Å². The van der Waals surface area contributed by atoms with Crippen LogP contribution in [0.5, 0.6) is 0 Å². The number of likely N-dealkylation sites (tertiary alicyclic amines) is 1. The first-order valence-electron chi connectivity index (χ1n) is 6.57. The van der Waals surface area contributed by atoms with Crippen LogP contribution < -0.4 is 5.73 Å². The van der Waals surface area contributed by atoms with Crippen molar-refractivity contribution < 1.29 is 0 Å². The van der Waals surface area contributed by atoms with E-state index in [2.05, 4.69) is 37.4 Å². The van der Waals surface area contributed by atoms with Gasteiger partial charge in [0.15, 0.2) is 0 Å². The third kappa shape index (κ3) is 2.14. The van der Waals surface area contributed by atoms with Crippen LogP contribution in [0.15, 0.2) is 0 Å². The van der Waals surface area contributed by atoms with Gasteiger partial charge >= 0.3 is 0 Å². The van der Waals surface area contributed by atoms with Crippen LogP contribution in [-0.4, -0.2) is 41.1 Å². The summed E-state index contributed by atoms with van der Waals surface area (Å²) in [6.07, 6.45) is 3.96. The number of nitrogens with zero attached hydrogens (tertiary/aromatic N) is 1. The molecule has 0 saturated carbocycles. The van der Waals surface area contributed by atoms with Crippen molar-refractivity contribution in [1.82, 2.24) is 4.90 Å². The van der Waals surface area contributed by atoms with Gasteiger partial charge in [0, 0.05) is 23.9 Å². The second-order valence-corrected chi connectivity index (χ2v) is 7.71. The van der Waals surface area contributed by atoms with E-state index < -0.39 is 0 Å². The summed E-state index contributed by atoms with van der Waals surface area (Å²) in [7, 11) is 0. The Balaban J connectivity index is 2.15. The predicted molar refractivity (Wildman–Crippen MR) is 72.9 cm³/mol. The molecule has 0 aromatic rings. The molecular weight excluding hydrogens is 216 g/mol. The van der Waals surface area contributed by atoms with E-state index in [0.29, 0.717) is 10.7 Å². The fraction of sp³-hybridized carbons (Fsp3) is 1.00. The lowest BCUT2D eigenvalue weighted by molar-refractivity contribution is 0.0980. The molecule has 0 radical (unpaired) electrons. The van der Waals surface area contributed by atoms with Gasteiger partial charge in [0.25, 0.3) is 0 Å². The monoisotopic (exact) mass is 242 g/mol. The first kappa shape index (κ1) is 12.7. The SMILES string of the molecule is CC1SCCCC1(CN)N1CCC(C)(C)C1. The highest BCUT2D eigenvalue weighted by molar-refractivity contribution is 8.00. The average molecular weight is 242 g/mol. The highest BCUT2D eigenvalue weighted by atomic mass is 32.2. The van der Waals surface area contributed by atoms with E-state index in [1.54, 1.807) is 0 Å². The van der Waals surface area contributed by atoms with Gasteiger partial charge in [-0.1, -0.05) is 20.8 Å². The maximum absolute atomic E-state index is 6.14. The van der Waals surface area contributed by atoms with Crippen LogP contribution in [0, 0.1) is 5.41 Å². The molecule has 0 aromatic carbocycles. The zero-order chi connectivity index (χ0) is 11.8. The lowest BCUT2D eigenvalue weighted by atomic mass is 9.87. The van der Waals surface area contributed by atoms with Crippen LogP contribution in [-0.2, 0) is 0 Å². The van der Waals surface area contributed by atoms with Gasteiger partial charge in [-0.3, -0.25) is 4.90 Å². The first-order chi connectivity index (χ1) is 7.50. The molecule has 94 valence electrons. The Morgan fingerprint density at radius 1 is 1.38 bits per heavy atom. The van der Waals surface area contributed by atoms with E-state index in [9.17, 15) is 0 Å². The van der Waals surface area contributed by atoms with Crippen molar-refractivity contribution in [2.75, 3.05) is 25.4 Å². The van der Waals surface area contributed by atoms with Gasteiger partial charge in [0.2, 0.25) is 0 Å². The number of hydrogen-bond acceptors (Lipinski definition) is 3. The number of rotatable bonds is 2. The second kappa shape index (κ2) is 4.51. The van der Waals surface area contributed by atoms with E-state index in [4.69, 9.17) is 5.73 Å². The number of nitrogens with two attached hydrogens (primary N) is 1. The Kier molecular flexibility index (Phi) is 3.58. The summed E-state index contributed by atoms with van der Waals surface area (Å²) in [6, 6.07) is 0. The smallest absolute Gasteiger partial charge is 0.0447 e. The highest BCUT2D eigenvalue weighted by Gasteiger charge is 2.46. The second-order valence-electron chi connectivity index (χ2n) is 6.26. The third-order valence-corrected chi connectivity index (χ3v) is 6.00. The Hall–Kier alpha value is 0.270. The summed E-state index contributed by atoms with van der Waals surface area (Å²) >= 11 is 2.11. The Morgan fingerprint density at radius 2 is 2.12 bits per heavy atom. The highest BCUT2D eigenvalue weighted by Crippen LogP contribution is 2.42. The normalized spacial score (nSPS) is 40.1.